The molecule has 0 aliphatic heterocycles. The zero-order chi connectivity index (χ0) is 18.9. The van der Waals surface area contributed by atoms with E-state index in [4.69, 9.17) is 0 Å². The topological polar surface area (TPSA) is 47.0 Å². The summed E-state index contributed by atoms with van der Waals surface area (Å²) in [5, 5.41) is 0. The Hall–Kier alpha value is -2.41. The maximum absolute atomic E-state index is 13.5. The molecule has 0 saturated heterocycles. The summed E-state index contributed by atoms with van der Waals surface area (Å²) >= 11 is 0. The predicted octanol–water partition coefficient (Wildman–Crippen LogP) is 4.03. The molecule has 0 N–H and O–H groups in total. The van der Waals surface area contributed by atoms with Crippen LogP contribution in [0, 0.1) is 11.2 Å². The van der Waals surface area contributed by atoms with Crippen LogP contribution in [0.15, 0.2) is 59.6 Å². The molecule has 0 amide bonds. The first-order valence-corrected chi connectivity index (χ1v) is 9.67. The predicted molar refractivity (Wildman–Crippen MR) is 94.1 cm³/mol. The molecular weight excluding hydrogens is 363 g/mol. The number of benzene rings is 1. The number of sulfone groups is 1. The molecule has 0 atom stereocenters. The highest BCUT2D eigenvalue weighted by molar-refractivity contribution is 7.90. The Morgan fingerprint density at radius 3 is 2.08 bits per heavy atom. The van der Waals surface area contributed by atoms with Crippen LogP contribution in [-0.4, -0.2) is 33.0 Å². The molecule has 1 aromatic heterocycles. The first-order valence-electron chi connectivity index (χ1n) is 7.78. The van der Waals surface area contributed by atoms with Crippen molar-refractivity contribution in [3.05, 3.63) is 71.8 Å². The minimum Gasteiger partial charge on any atom is -0.255 e. The first kappa shape index (κ1) is 18.4. The van der Waals surface area contributed by atoms with Crippen LogP contribution in [-0.2, 0) is 9.84 Å². The molecule has 26 heavy (non-hydrogen) atoms. The molecule has 0 radical (unpaired) electrons. The zero-order valence-corrected chi connectivity index (χ0v) is 14.7. The van der Waals surface area contributed by atoms with E-state index in [1.54, 1.807) is 0 Å². The second kappa shape index (κ2) is 6.72. The highest BCUT2D eigenvalue weighted by Gasteiger charge is 2.34. The third-order valence-corrected chi connectivity index (χ3v) is 5.34. The summed E-state index contributed by atoms with van der Waals surface area (Å²) in [6.45, 7) is -1.86. The SMILES string of the molecule is CS(=O)(=O)c1ccc(C2=CC(CF)(CF)C=C2c2ccc(F)cc2)nc1. The van der Waals surface area contributed by atoms with E-state index < -0.39 is 34.4 Å². The van der Waals surface area contributed by atoms with Crippen molar-refractivity contribution >= 4 is 21.0 Å². The van der Waals surface area contributed by atoms with Gasteiger partial charge in [0, 0.05) is 18.0 Å². The highest BCUT2D eigenvalue weighted by atomic mass is 32.2. The van der Waals surface area contributed by atoms with Crippen molar-refractivity contribution in [3.63, 3.8) is 0 Å². The summed E-state index contributed by atoms with van der Waals surface area (Å²) in [5.74, 6) is -0.421. The highest BCUT2D eigenvalue weighted by Crippen LogP contribution is 2.44. The van der Waals surface area contributed by atoms with E-state index in [1.165, 1.54) is 54.7 Å². The lowest BCUT2D eigenvalue weighted by atomic mass is 9.93. The van der Waals surface area contributed by atoms with Crippen molar-refractivity contribution in [1.82, 2.24) is 4.98 Å². The van der Waals surface area contributed by atoms with Gasteiger partial charge in [-0.25, -0.2) is 21.6 Å². The van der Waals surface area contributed by atoms with E-state index in [0.29, 0.717) is 22.4 Å². The molecule has 136 valence electrons. The molecule has 7 heteroatoms. The second-order valence-corrected chi connectivity index (χ2v) is 8.29. The minimum absolute atomic E-state index is 0.0504. The number of aromatic nitrogens is 1. The van der Waals surface area contributed by atoms with Gasteiger partial charge in [0.1, 0.15) is 19.2 Å². The average molecular weight is 379 g/mol. The molecule has 0 unspecified atom stereocenters. The van der Waals surface area contributed by atoms with E-state index in [1.807, 2.05) is 0 Å². The lowest BCUT2D eigenvalue weighted by Gasteiger charge is -2.15. The van der Waals surface area contributed by atoms with Gasteiger partial charge in [-0.1, -0.05) is 24.3 Å². The number of nitrogens with zero attached hydrogens (tertiary/aromatic N) is 1. The molecule has 1 aromatic carbocycles. The molecule has 3 rings (SSSR count). The van der Waals surface area contributed by atoms with E-state index in [-0.39, 0.29) is 4.90 Å². The smallest absolute Gasteiger partial charge is 0.177 e. The lowest BCUT2D eigenvalue weighted by molar-refractivity contribution is 0.265. The maximum Gasteiger partial charge on any atom is 0.177 e. The van der Waals surface area contributed by atoms with Gasteiger partial charge in [-0.3, -0.25) is 4.98 Å². The van der Waals surface area contributed by atoms with E-state index >= 15 is 0 Å². The van der Waals surface area contributed by atoms with Gasteiger partial charge >= 0.3 is 0 Å². The van der Waals surface area contributed by atoms with Gasteiger partial charge in [0.2, 0.25) is 0 Å². The summed E-state index contributed by atoms with van der Waals surface area (Å²) in [4.78, 5) is 4.20. The van der Waals surface area contributed by atoms with Gasteiger partial charge in [0.25, 0.3) is 0 Å². The van der Waals surface area contributed by atoms with Gasteiger partial charge in [-0.2, -0.15) is 0 Å². The lowest BCUT2D eigenvalue weighted by Crippen LogP contribution is -2.18. The number of pyridine rings is 1. The van der Waals surface area contributed by atoms with Gasteiger partial charge < -0.3 is 0 Å². The third kappa shape index (κ3) is 3.44. The summed E-state index contributed by atoms with van der Waals surface area (Å²) in [6, 6.07) is 8.45. The second-order valence-electron chi connectivity index (χ2n) is 6.27. The molecule has 1 heterocycles. The Balaban J connectivity index is 2.10. The van der Waals surface area contributed by atoms with Gasteiger partial charge in [0.05, 0.1) is 16.0 Å². The van der Waals surface area contributed by atoms with Gasteiger partial charge in [-0.05, 0) is 35.4 Å². The molecule has 0 bridgehead atoms. The van der Waals surface area contributed by atoms with E-state index in [9.17, 15) is 21.6 Å². The van der Waals surface area contributed by atoms with Crippen molar-refractivity contribution < 1.29 is 21.6 Å². The molecule has 1 aliphatic carbocycles. The zero-order valence-electron chi connectivity index (χ0n) is 13.9. The Bertz CT molecular complexity index is 974. The summed E-state index contributed by atoms with van der Waals surface area (Å²) < 4.78 is 63.4. The normalized spacial score (nSPS) is 16.3. The van der Waals surface area contributed by atoms with Crippen LogP contribution in [0.4, 0.5) is 13.2 Å². The number of hydrogen-bond acceptors (Lipinski definition) is 3. The largest absolute Gasteiger partial charge is 0.255 e. The minimum atomic E-state index is -3.40. The van der Waals surface area contributed by atoms with Crippen LogP contribution < -0.4 is 0 Å². The molecule has 0 spiro atoms. The number of rotatable bonds is 5. The Morgan fingerprint density at radius 2 is 1.58 bits per heavy atom. The standard InChI is InChI=1S/C19H16F3NO2S/c1-26(24,25)15-6-7-18(23-10-15)17-9-19(11-20,12-21)8-16(17)13-2-4-14(22)5-3-13/h2-10H,11-12H2,1H3. The van der Waals surface area contributed by atoms with Crippen LogP contribution in [0.5, 0.6) is 0 Å². The Kier molecular flexibility index (Phi) is 4.75. The Morgan fingerprint density at radius 1 is 0.962 bits per heavy atom. The fourth-order valence-electron chi connectivity index (χ4n) is 2.80. The molecule has 3 nitrogen and oxygen atoms in total. The third-order valence-electron chi connectivity index (χ3n) is 4.25. The average Bonchev–Trinajstić information content (AvgIpc) is 3.02. The summed E-state index contributed by atoms with van der Waals surface area (Å²) in [6.07, 6.45) is 5.20. The van der Waals surface area contributed by atoms with Crippen LogP contribution in [0.2, 0.25) is 0 Å². The number of hydrogen-bond donors (Lipinski definition) is 0. The molecule has 0 fully saturated rings. The molecule has 0 saturated carbocycles. The van der Waals surface area contributed by atoms with Crippen molar-refractivity contribution in [2.75, 3.05) is 19.6 Å². The first-order chi connectivity index (χ1) is 12.3. The molecule has 1 aliphatic rings. The summed E-state index contributed by atoms with van der Waals surface area (Å²) in [7, 11) is -3.40. The number of halogens is 3. The van der Waals surface area contributed by atoms with Crippen LogP contribution in [0.25, 0.3) is 11.1 Å². The summed E-state index contributed by atoms with van der Waals surface area (Å²) in [5.41, 5.74) is 0.579. The van der Waals surface area contributed by atoms with Crippen molar-refractivity contribution in [2.24, 2.45) is 5.41 Å². The molecule has 2 aromatic rings. The fraction of sp³-hybridized carbons (Fsp3) is 0.211. The van der Waals surface area contributed by atoms with Crippen molar-refractivity contribution in [3.8, 4) is 0 Å². The van der Waals surface area contributed by atoms with Crippen molar-refractivity contribution in [1.29, 1.82) is 0 Å². The van der Waals surface area contributed by atoms with Crippen molar-refractivity contribution in [2.45, 2.75) is 4.90 Å². The van der Waals surface area contributed by atoms with E-state index in [2.05, 4.69) is 4.98 Å². The number of alkyl halides is 2. The maximum atomic E-state index is 13.5. The monoisotopic (exact) mass is 379 g/mol. The fourth-order valence-corrected chi connectivity index (χ4v) is 3.36. The van der Waals surface area contributed by atoms with Gasteiger partial charge in [-0.15, -0.1) is 0 Å². The van der Waals surface area contributed by atoms with Crippen LogP contribution in [0.1, 0.15) is 11.3 Å². The van der Waals surface area contributed by atoms with Crippen LogP contribution >= 0.6 is 0 Å². The Labute approximate surface area is 149 Å². The van der Waals surface area contributed by atoms with Gasteiger partial charge in [0.15, 0.2) is 9.84 Å². The van der Waals surface area contributed by atoms with Crippen LogP contribution in [0.3, 0.4) is 0 Å². The van der Waals surface area contributed by atoms with E-state index in [0.717, 1.165) is 6.26 Å². The quantitative estimate of drug-likeness (QED) is 0.788. The number of allylic oxidation sites excluding steroid dienone is 4. The molecular formula is C19H16F3NO2S.